The number of anilines is 1. The molecule has 2 aliphatic heterocycles. The van der Waals surface area contributed by atoms with Crippen LogP contribution >= 0.6 is 0 Å². The molecule has 0 saturated carbocycles. The van der Waals surface area contributed by atoms with Gasteiger partial charge in [0.1, 0.15) is 0 Å². The van der Waals surface area contributed by atoms with E-state index >= 15 is 0 Å². The number of fused-ring (bicyclic) bond motifs is 1. The SMILES string of the molecule is CC1CCC(C)N(C(=O)C2CNc3ccccc3C2)C1. The molecule has 3 atom stereocenters. The molecule has 3 heteroatoms. The van der Waals surface area contributed by atoms with Crippen molar-refractivity contribution in [3.8, 4) is 0 Å². The van der Waals surface area contributed by atoms with E-state index in [1.54, 1.807) is 0 Å². The molecular weight excluding hydrogens is 248 g/mol. The summed E-state index contributed by atoms with van der Waals surface area (Å²) in [5.41, 5.74) is 2.46. The van der Waals surface area contributed by atoms with Crippen LogP contribution in [0.15, 0.2) is 24.3 Å². The summed E-state index contributed by atoms with van der Waals surface area (Å²) in [6, 6.07) is 8.73. The van der Waals surface area contributed by atoms with Gasteiger partial charge in [-0.15, -0.1) is 0 Å². The van der Waals surface area contributed by atoms with Crippen LogP contribution < -0.4 is 5.32 Å². The van der Waals surface area contributed by atoms with Gasteiger partial charge < -0.3 is 10.2 Å². The molecule has 1 aromatic carbocycles. The molecule has 3 unspecified atom stereocenters. The number of rotatable bonds is 1. The third kappa shape index (κ3) is 2.54. The average Bonchev–Trinajstić information content (AvgIpc) is 2.48. The van der Waals surface area contributed by atoms with Crippen molar-refractivity contribution >= 4 is 11.6 Å². The van der Waals surface area contributed by atoms with E-state index in [0.29, 0.717) is 17.9 Å². The summed E-state index contributed by atoms with van der Waals surface area (Å²) in [5, 5.41) is 3.41. The Bertz CT molecular complexity index is 500. The van der Waals surface area contributed by atoms with Crippen molar-refractivity contribution in [1.29, 1.82) is 0 Å². The maximum atomic E-state index is 12.8. The van der Waals surface area contributed by atoms with Gasteiger partial charge in [0.25, 0.3) is 0 Å². The highest BCUT2D eigenvalue weighted by Gasteiger charge is 2.33. The van der Waals surface area contributed by atoms with Crippen LogP contribution in [0.2, 0.25) is 0 Å². The van der Waals surface area contributed by atoms with Crippen molar-refractivity contribution in [3.05, 3.63) is 29.8 Å². The summed E-state index contributed by atoms with van der Waals surface area (Å²) >= 11 is 0. The van der Waals surface area contributed by atoms with E-state index < -0.39 is 0 Å². The molecule has 1 aromatic rings. The van der Waals surface area contributed by atoms with Gasteiger partial charge in [-0.1, -0.05) is 25.1 Å². The van der Waals surface area contributed by atoms with Gasteiger partial charge in [-0.25, -0.2) is 0 Å². The number of nitrogens with zero attached hydrogens (tertiary/aromatic N) is 1. The number of piperidine rings is 1. The fourth-order valence-electron chi connectivity index (χ4n) is 3.45. The Morgan fingerprint density at radius 2 is 2.05 bits per heavy atom. The van der Waals surface area contributed by atoms with Crippen molar-refractivity contribution in [1.82, 2.24) is 4.90 Å². The van der Waals surface area contributed by atoms with E-state index in [9.17, 15) is 4.79 Å². The van der Waals surface area contributed by atoms with Gasteiger partial charge in [-0.2, -0.15) is 0 Å². The summed E-state index contributed by atoms with van der Waals surface area (Å²) in [7, 11) is 0. The molecule has 1 fully saturated rings. The van der Waals surface area contributed by atoms with Crippen LogP contribution in [0.1, 0.15) is 32.3 Å². The highest BCUT2D eigenvalue weighted by atomic mass is 16.2. The van der Waals surface area contributed by atoms with Gasteiger partial charge in [0, 0.05) is 24.8 Å². The number of nitrogens with one attached hydrogen (secondary N) is 1. The minimum absolute atomic E-state index is 0.0950. The van der Waals surface area contributed by atoms with Gasteiger partial charge in [0.2, 0.25) is 5.91 Å². The molecule has 2 heterocycles. The van der Waals surface area contributed by atoms with Crippen molar-refractivity contribution in [2.45, 2.75) is 39.2 Å². The monoisotopic (exact) mass is 272 g/mol. The first-order valence-electron chi connectivity index (χ1n) is 7.77. The summed E-state index contributed by atoms with van der Waals surface area (Å²) in [4.78, 5) is 14.9. The Kier molecular flexibility index (Phi) is 3.68. The van der Waals surface area contributed by atoms with Gasteiger partial charge in [0.05, 0.1) is 5.92 Å². The van der Waals surface area contributed by atoms with Crippen molar-refractivity contribution in [2.75, 3.05) is 18.4 Å². The first-order chi connectivity index (χ1) is 9.65. The summed E-state index contributed by atoms with van der Waals surface area (Å²) in [6.45, 7) is 6.14. The van der Waals surface area contributed by atoms with E-state index in [2.05, 4.69) is 42.3 Å². The van der Waals surface area contributed by atoms with E-state index in [0.717, 1.165) is 25.9 Å². The smallest absolute Gasteiger partial charge is 0.228 e. The minimum Gasteiger partial charge on any atom is -0.384 e. The molecule has 0 aliphatic carbocycles. The van der Waals surface area contributed by atoms with E-state index in [1.165, 1.54) is 17.7 Å². The van der Waals surface area contributed by atoms with Crippen molar-refractivity contribution in [3.63, 3.8) is 0 Å². The topological polar surface area (TPSA) is 32.3 Å². The zero-order valence-electron chi connectivity index (χ0n) is 12.4. The maximum Gasteiger partial charge on any atom is 0.228 e. The normalized spacial score (nSPS) is 29.5. The number of hydrogen-bond donors (Lipinski definition) is 1. The lowest BCUT2D eigenvalue weighted by Crippen LogP contribution is -2.49. The average molecular weight is 272 g/mol. The second-order valence-electron chi connectivity index (χ2n) is 6.46. The minimum atomic E-state index is 0.0950. The number of carbonyl (C=O) groups is 1. The second-order valence-corrected chi connectivity index (χ2v) is 6.46. The van der Waals surface area contributed by atoms with Crippen LogP contribution in [0.4, 0.5) is 5.69 Å². The quantitative estimate of drug-likeness (QED) is 0.852. The lowest BCUT2D eigenvalue weighted by molar-refractivity contribution is -0.139. The highest BCUT2D eigenvalue weighted by molar-refractivity contribution is 5.81. The molecule has 0 spiro atoms. The number of benzene rings is 1. The molecule has 108 valence electrons. The zero-order chi connectivity index (χ0) is 14.1. The van der Waals surface area contributed by atoms with Crippen LogP contribution in [0.5, 0.6) is 0 Å². The molecule has 3 rings (SSSR count). The predicted octanol–water partition coefficient (Wildman–Crippen LogP) is 2.92. The number of para-hydroxylation sites is 1. The number of hydrogen-bond acceptors (Lipinski definition) is 2. The summed E-state index contributed by atoms with van der Waals surface area (Å²) < 4.78 is 0. The second kappa shape index (κ2) is 5.47. The standard InChI is InChI=1S/C17H24N2O/c1-12-7-8-13(2)19(11-12)17(20)15-9-14-5-3-4-6-16(14)18-10-15/h3-6,12-13,15,18H,7-11H2,1-2H3. The molecule has 0 bridgehead atoms. The lowest BCUT2D eigenvalue weighted by atomic mass is 9.89. The van der Waals surface area contributed by atoms with Crippen LogP contribution in [-0.2, 0) is 11.2 Å². The zero-order valence-corrected chi connectivity index (χ0v) is 12.4. The van der Waals surface area contributed by atoms with Crippen molar-refractivity contribution in [2.24, 2.45) is 11.8 Å². The van der Waals surface area contributed by atoms with Crippen LogP contribution in [0, 0.1) is 11.8 Å². The van der Waals surface area contributed by atoms with Gasteiger partial charge in [0.15, 0.2) is 0 Å². The van der Waals surface area contributed by atoms with Crippen LogP contribution in [0.25, 0.3) is 0 Å². The first kappa shape index (κ1) is 13.5. The maximum absolute atomic E-state index is 12.8. The Hall–Kier alpha value is -1.51. The van der Waals surface area contributed by atoms with Gasteiger partial charge in [-0.05, 0) is 43.7 Å². The Morgan fingerprint density at radius 3 is 2.90 bits per heavy atom. The largest absolute Gasteiger partial charge is 0.384 e. The van der Waals surface area contributed by atoms with Crippen molar-refractivity contribution < 1.29 is 4.79 Å². The molecule has 1 N–H and O–H groups in total. The summed E-state index contributed by atoms with van der Waals surface area (Å²) in [5.74, 6) is 1.07. The molecule has 3 nitrogen and oxygen atoms in total. The third-order valence-electron chi connectivity index (χ3n) is 4.77. The Morgan fingerprint density at radius 1 is 1.25 bits per heavy atom. The fraction of sp³-hybridized carbons (Fsp3) is 0.588. The number of likely N-dealkylation sites (tertiary alicyclic amines) is 1. The lowest BCUT2D eigenvalue weighted by Gasteiger charge is -2.39. The molecule has 0 aromatic heterocycles. The first-order valence-corrected chi connectivity index (χ1v) is 7.77. The summed E-state index contributed by atoms with van der Waals surface area (Å²) in [6.07, 6.45) is 3.26. The number of carbonyl (C=O) groups excluding carboxylic acids is 1. The molecule has 2 aliphatic rings. The molecule has 1 saturated heterocycles. The Balaban J connectivity index is 1.72. The highest BCUT2D eigenvalue weighted by Crippen LogP contribution is 2.28. The van der Waals surface area contributed by atoms with E-state index in [1.807, 2.05) is 6.07 Å². The Labute approximate surface area is 121 Å². The van der Waals surface area contributed by atoms with E-state index in [4.69, 9.17) is 0 Å². The molecule has 1 amide bonds. The molecule has 0 radical (unpaired) electrons. The molecule has 20 heavy (non-hydrogen) atoms. The van der Waals surface area contributed by atoms with Gasteiger partial charge in [-0.3, -0.25) is 4.79 Å². The third-order valence-corrected chi connectivity index (χ3v) is 4.77. The van der Waals surface area contributed by atoms with Crippen LogP contribution in [0.3, 0.4) is 0 Å². The fourth-order valence-corrected chi connectivity index (χ4v) is 3.45. The number of amides is 1. The predicted molar refractivity (Wildman–Crippen MR) is 81.7 cm³/mol. The van der Waals surface area contributed by atoms with Gasteiger partial charge >= 0.3 is 0 Å². The van der Waals surface area contributed by atoms with E-state index in [-0.39, 0.29) is 5.92 Å². The molecular formula is C17H24N2O. The van der Waals surface area contributed by atoms with Crippen LogP contribution in [-0.4, -0.2) is 29.9 Å².